The molecule has 0 bridgehead atoms. The molecule has 124 valence electrons. The lowest BCUT2D eigenvalue weighted by molar-refractivity contribution is -0.137. The van der Waals surface area contributed by atoms with Crippen molar-refractivity contribution in [1.29, 1.82) is 0 Å². The maximum Gasteiger partial charge on any atom is 0.416 e. The molecule has 2 heterocycles. The molecule has 0 radical (unpaired) electrons. The summed E-state index contributed by atoms with van der Waals surface area (Å²) in [6, 6.07) is 5.36. The standard InChI is InChI=1S/C17H20F3N3/c1-2-6-15-14-9-3-4-10-21-16(14)23(22-15)13-8-5-7-12(11-13)17(18,19)20/h5,7-8,11,21H,2-4,6,9-10H2,1H3. The fourth-order valence-electron chi connectivity index (χ4n) is 3.01. The molecule has 1 aliphatic heterocycles. The first-order chi connectivity index (χ1) is 11.0. The summed E-state index contributed by atoms with van der Waals surface area (Å²) in [6.45, 7) is 2.91. The predicted molar refractivity (Wildman–Crippen MR) is 84.0 cm³/mol. The Morgan fingerprint density at radius 1 is 1.26 bits per heavy atom. The molecule has 0 fully saturated rings. The zero-order valence-electron chi connectivity index (χ0n) is 13.1. The molecule has 3 rings (SSSR count). The van der Waals surface area contributed by atoms with Gasteiger partial charge in [0.25, 0.3) is 0 Å². The minimum absolute atomic E-state index is 0.452. The number of nitrogens with one attached hydrogen (secondary N) is 1. The highest BCUT2D eigenvalue weighted by Crippen LogP contribution is 2.33. The van der Waals surface area contributed by atoms with Gasteiger partial charge in [0.2, 0.25) is 0 Å². The number of anilines is 1. The normalized spacial score (nSPS) is 15.0. The highest BCUT2D eigenvalue weighted by molar-refractivity contribution is 5.55. The SMILES string of the molecule is CCCc1nn(-c2cccc(C(F)(F)F)c2)c2c1CCCCN2. The molecule has 0 spiro atoms. The minimum Gasteiger partial charge on any atom is -0.370 e. The van der Waals surface area contributed by atoms with Crippen molar-refractivity contribution in [2.24, 2.45) is 0 Å². The Bertz CT molecular complexity index is 689. The van der Waals surface area contributed by atoms with Gasteiger partial charge in [0.1, 0.15) is 5.82 Å². The molecule has 2 aromatic rings. The van der Waals surface area contributed by atoms with E-state index < -0.39 is 11.7 Å². The van der Waals surface area contributed by atoms with Crippen molar-refractivity contribution >= 4 is 5.82 Å². The topological polar surface area (TPSA) is 29.9 Å². The Kier molecular flexibility index (Phi) is 4.33. The fraction of sp³-hybridized carbons (Fsp3) is 0.471. The van der Waals surface area contributed by atoms with E-state index in [-0.39, 0.29) is 0 Å². The Hall–Kier alpha value is -1.98. The van der Waals surface area contributed by atoms with Crippen LogP contribution in [0.4, 0.5) is 19.0 Å². The Labute approximate surface area is 133 Å². The monoisotopic (exact) mass is 323 g/mol. The summed E-state index contributed by atoms with van der Waals surface area (Å²) in [7, 11) is 0. The predicted octanol–water partition coefficient (Wildman–Crippen LogP) is 4.59. The summed E-state index contributed by atoms with van der Waals surface area (Å²) in [6.07, 6.45) is 0.520. The van der Waals surface area contributed by atoms with Crippen LogP contribution in [0.3, 0.4) is 0 Å². The van der Waals surface area contributed by atoms with Gasteiger partial charge < -0.3 is 5.32 Å². The van der Waals surface area contributed by atoms with Crippen LogP contribution in [-0.2, 0) is 19.0 Å². The van der Waals surface area contributed by atoms with Crippen molar-refractivity contribution in [2.75, 3.05) is 11.9 Å². The van der Waals surface area contributed by atoms with Crippen LogP contribution in [0, 0.1) is 0 Å². The van der Waals surface area contributed by atoms with Gasteiger partial charge >= 0.3 is 6.18 Å². The van der Waals surface area contributed by atoms with E-state index in [1.165, 1.54) is 6.07 Å². The molecule has 0 amide bonds. The molecular formula is C17H20F3N3. The van der Waals surface area contributed by atoms with Crippen molar-refractivity contribution in [3.05, 3.63) is 41.1 Å². The van der Waals surface area contributed by atoms with Gasteiger partial charge in [0.05, 0.1) is 16.9 Å². The number of rotatable bonds is 3. The summed E-state index contributed by atoms with van der Waals surface area (Å²) in [5.74, 6) is 0.852. The van der Waals surface area contributed by atoms with Crippen LogP contribution < -0.4 is 5.32 Å². The van der Waals surface area contributed by atoms with Crippen molar-refractivity contribution in [1.82, 2.24) is 9.78 Å². The molecule has 1 aromatic carbocycles. The lowest BCUT2D eigenvalue weighted by atomic mass is 10.1. The van der Waals surface area contributed by atoms with E-state index in [0.717, 1.165) is 67.9 Å². The molecular weight excluding hydrogens is 303 g/mol. The van der Waals surface area contributed by atoms with Gasteiger partial charge in [-0.25, -0.2) is 4.68 Å². The van der Waals surface area contributed by atoms with Crippen molar-refractivity contribution in [3.63, 3.8) is 0 Å². The van der Waals surface area contributed by atoms with Crippen LogP contribution in [0.1, 0.15) is 43.0 Å². The quantitative estimate of drug-likeness (QED) is 0.895. The van der Waals surface area contributed by atoms with E-state index in [0.29, 0.717) is 5.69 Å². The lowest BCUT2D eigenvalue weighted by Gasteiger charge is -2.12. The molecule has 0 saturated heterocycles. The number of aromatic nitrogens is 2. The third-order valence-corrected chi connectivity index (χ3v) is 4.12. The number of halogens is 3. The summed E-state index contributed by atoms with van der Waals surface area (Å²) in [5, 5.41) is 7.95. The van der Waals surface area contributed by atoms with Crippen LogP contribution in [0.25, 0.3) is 5.69 Å². The van der Waals surface area contributed by atoms with E-state index in [2.05, 4.69) is 17.3 Å². The molecule has 0 atom stereocenters. The molecule has 0 unspecified atom stereocenters. The molecule has 1 N–H and O–H groups in total. The summed E-state index contributed by atoms with van der Waals surface area (Å²) in [4.78, 5) is 0. The van der Waals surface area contributed by atoms with E-state index in [4.69, 9.17) is 0 Å². The largest absolute Gasteiger partial charge is 0.416 e. The van der Waals surface area contributed by atoms with E-state index in [1.807, 2.05) is 0 Å². The second kappa shape index (κ2) is 6.26. The molecule has 0 aliphatic carbocycles. The number of hydrogen-bond donors (Lipinski definition) is 1. The number of benzene rings is 1. The van der Waals surface area contributed by atoms with Gasteiger partial charge in [-0.05, 0) is 43.9 Å². The van der Waals surface area contributed by atoms with Gasteiger partial charge in [-0.2, -0.15) is 18.3 Å². The maximum absolute atomic E-state index is 13.0. The number of aryl methyl sites for hydroxylation is 1. The number of nitrogens with zero attached hydrogens (tertiary/aromatic N) is 2. The lowest BCUT2D eigenvalue weighted by Crippen LogP contribution is -2.09. The van der Waals surface area contributed by atoms with E-state index in [1.54, 1.807) is 10.7 Å². The van der Waals surface area contributed by atoms with Crippen LogP contribution in [0.15, 0.2) is 24.3 Å². The molecule has 0 saturated carbocycles. The zero-order valence-corrected chi connectivity index (χ0v) is 13.1. The third-order valence-electron chi connectivity index (χ3n) is 4.12. The van der Waals surface area contributed by atoms with Gasteiger partial charge in [-0.3, -0.25) is 0 Å². The van der Waals surface area contributed by atoms with Crippen LogP contribution in [0.5, 0.6) is 0 Å². The minimum atomic E-state index is -4.35. The number of alkyl halides is 3. The van der Waals surface area contributed by atoms with Crippen molar-refractivity contribution < 1.29 is 13.2 Å². The first-order valence-corrected chi connectivity index (χ1v) is 8.03. The number of fused-ring (bicyclic) bond motifs is 1. The van der Waals surface area contributed by atoms with Gasteiger partial charge in [-0.1, -0.05) is 19.4 Å². The van der Waals surface area contributed by atoms with Crippen LogP contribution in [0.2, 0.25) is 0 Å². The van der Waals surface area contributed by atoms with Crippen LogP contribution >= 0.6 is 0 Å². The highest BCUT2D eigenvalue weighted by atomic mass is 19.4. The molecule has 6 heteroatoms. The smallest absolute Gasteiger partial charge is 0.370 e. The highest BCUT2D eigenvalue weighted by Gasteiger charge is 2.31. The molecule has 3 nitrogen and oxygen atoms in total. The second-order valence-electron chi connectivity index (χ2n) is 5.87. The molecule has 1 aliphatic rings. The Morgan fingerprint density at radius 2 is 2.09 bits per heavy atom. The fourth-order valence-corrected chi connectivity index (χ4v) is 3.01. The number of hydrogen-bond acceptors (Lipinski definition) is 2. The average molecular weight is 323 g/mol. The Balaban J connectivity index is 2.09. The average Bonchev–Trinajstić information content (AvgIpc) is 2.70. The van der Waals surface area contributed by atoms with Crippen molar-refractivity contribution in [3.8, 4) is 5.69 Å². The molecule has 23 heavy (non-hydrogen) atoms. The Morgan fingerprint density at radius 3 is 2.83 bits per heavy atom. The zero-order chi connectivity index (χ0) is 16.4. The van der Waals surface area contributed by atoms with Gasteiger partial charge in [0.15, 0.2) is 0 Å². The van der Waals surface area contributed by atoms with Gasteiger partial charge in [-0.15, -0.1) is 0 Å². The van der Waals surface area contributed by atoms with Crippen molar-refractivity contribution in [2.45, 2.75) is 45.2 Å². The van der Waals surface area contributed by atoms with Gasteiger partial charge in [0, 0.05) is 12.1 Å². The first-order valence-electron chi connectivity index (χ1n) is 8.03. The van der Waals surface area contributed by atoms with E-state index >= 15 is 0 Å². The second-order valence-corrected chi connectivity index (χ2v) is 5.87. The third kappa shape index (κ3) is 3.21. The summed E-state index contributed by atoms with van der Waals surface area (Å²) >= 11 is 0. The van der Waals surface area contributed by atoms with E-state index in [9.17, 15) is 13.2 Å². The van der Waals surface area contributed by atoms with Crippen LogP contribution in [-0.4, -0.2) is 16.3 Å². The summed E-state index contributed by atoms with van der Waals surface area (Å²) in [5.41, 5.74) is 1.95. The first kappa shape index (κ1) is 15.9. The summed E-state index contributed by atoms with van der Waals surface area (Å²) < 4.78 is 40.5. The molecule has 1 aromatic heterocycles. The maximum atomic E-state index is 13.0.